The van der Waals surface area contributed by atoms with E-state index in [9.17, 15) is 4.79 Å². The Hall–Kier alpha value is -2.13. The van der Waals surface area contributed by atoms with E-state index in [4.69, 9.17) is 4.74 Å². The number of carbonyl (C=O) groups excluding carboxylic acids is 1. The van der Waals surface area contributed by atoms with Crippen molar-refractivity contribution in [1.29, 1.82) is 0 Å². The molecule has 28 heavy (non-hydrogen) atoms. The number of hydrogen-bond donors (Lipinski definition) is 1. The van der Waals surface area contributed by atoms with Gasteiger partial charge in [-0.05, 0) is 61.8 Å². The molecule has 0 amide bonds. The third-order valence-corrected chi connectivity index (χ3v) is 7.18. The van der Waals surface area contributed by atoms with Gasteiger partial charge in [0.05, 0.1) is 6.61 Å². The second kappa shape index (κ2) is 7.36. The number of benzene rings is 2. The van der Waals surface area contributed by atoms with Gasteiger partial charge in [0, 0.05) is 29.9 Å². The molecule has 146 valence electrons. The number of nitrogens with one attached hydrogen (secondary N) is 1. The SMILES string of the molecule is O=C1CC[C@H]2[C@H]3Cc4cccc(OCCCc5ccccc5)c4[C@@]2(CCN3)C1. The third kappa shape index (κ3) is 3.06. The number of Topliss-reactive ketones (excluding diaryl/α,β-unsaturated/α-hetero) is 1. The third-order valence-electron chi connectivity index (χ3n) is 7.18. The number of carbonyl (C=O) groups is 1. The van der Waals surface area contributed by atoms with Crippen LogP contribution >= 0.6 is 0 Å². The van der Waals surface area contributed by atoms with E-state index in [-0.39, 0.29) is 5.41 Å². The van der Waals surface area contributed by atoms with Crippen LogP contribution in [0.5, 0.6) is 5.75 Å². The van der Waals surface area contributed by atoms with Crippen LogP contribution in [0.1, 0.15) is 48.8 Å². The molecule has 1 heterocycles. The molecule has 3 atom stereocenters. The van der Waals surface area contributed by atoms with Crippen LogP contribution in [0.4, 0.5) is 0 Å². The zero-order chi connectivity index (χ0) is 19.0. The molecule has 3 heteroatoms. The predicted octanol–water partition coefficient (Wildman–Crippen LogP) is 4.22. The normalized spacial score (nSPS) is 28.4. The van der Waals surface area contributed by atoms with Crippen LogP contribution < -0.4 is 10.1 Å². The quantitative estimate of drug-likeness (QED) is 0.795. The van der Waals surface area contributed by atoms with Crippen molar-refractivity contribution in [2.24, 2.45) is 5.92 Å². The highest BCUT2D eigenvalue weighted by molar-refractivity contribution is 5.82. The lowest BCUT2D eigenvalue weighted by Gasteiger charge is -2.55. The predicted molar refractivity (Wildman–Crippen MR) is 111 cm³/mol. The lowest BCUT2D eigenvalue weighted by Crippen LogP contribution is -2.60. The summed E-state index contributed by atoms with van der Waals surface area (Å²) < 4.78 is 6.36. The van der Waals surface area contributed by atoms with Gasteiger partial charge in [0.25, 0.3) is 0 Å². The van der Waals surface area contributed by atoms with E-state index in [1.165, 1.54) is 16.7 Å². The Morgan fingerprint density at radius 2 is 2.00 bits per heavy atom. The molecule has 2 bridgehead atoms. The molecule has 0 radical (unpaired) electrons. The number of aryl methyl sites for hydroxylation is 1. The van der Waals surface area contributed by atoms with Crippen LogP contribution in [0.3, 0.4) is 0 Å². The molecule has 2 fully saturated rings. The maximum atomic E-state index is 12.5. The van der Waals surface area contributed by atoms with E-state index in [1.807, 2.05) is 0 Å². The zero-order valence-corrected chi connectivity index (χ0v) is 16.5. The van der Waals surface area contributed by atoms with E-state index < -0.39 is 0 Å². The van der Waals surface area contributed by atoms with Crippen LogP contribution in [0.15, 0.2) is 48.5 Å². The van der Waals surface area contributed by atoms with Crippen molar-refractivity contribution in [2.45, 2.75) is 56.4 Å². The Labute approximate surface area is 167 Å². The summed E-state index contributed by atoms with van der Waals surface area (Å²) in [5, 5.41) is 3.74. The molecule has 0 unspecified atom stereocenters. The van der Waals surface area contributed by atoms with Gasteiger partial charge in [0.1, 0.15) is 11.5 Å². The van der Waals surface area contributed by atoms with Gasteiger partial charge in [-0.15, -0.1) is 0 Å². The van der Waals surface area contributed by atoms with Crippen molar-refractivity contribution in [3.63, 3.8) is 0 Å². The standard InChI is InChI=1S/C25H29NO2/c27-20-11-12-21-22-16-19-9-4-10-23(24(19)25(21,17-20)13-14-26-22)28-15-5-8-18-6-2-1-3-7-18/h1-4,6-7,9-10,21-22,26H,5,8,11-17H2/t21-,22+,25-/m0/s1. The Bertz CT molecular complexity index is 862. The Morgan fingerprint density at radius 1 is 1.11 bits per heavy atom. The molecule has 2 aliphatic carbocycles. The molecular weight excluding hydrogens is 346 g/mol. The molecule has 2 aromatic rings. The first-order chi connectivity index (χ1) is 13.8. The van der Waals surface area contributed by atoms with Crippen LogP contribution in [-0.2, 0) is 23.1 Å². The summed E-state index contributed by atoms with van der Waals surface area (Å²) in [5.41, 5.74) is 4.11. The molecule has 1 saturated heterocycles. The fourth-order valence-electron chi connectivity index (χ4n) is 6.03. The largest absolute Gasteiger partial charge is 0.493 e. The maximum absolute atomic E-state index is 12.5. The fraction of sp³-hybridized carbons (Fsp3) is 0.480. The summed E-state index contributed by atoms with van der Waals surface area (Å²) in [6.45, 7) is 1.73. The number of piperidine rings is 1. The average molecular weight is 376 g/mol. The van der Waals surface area contributed by atoms with Crippen molar-refractivity contribution in [3.05, 3.63) is 65.2 Å². The molecule has 0 aromatic heterocycles. The van der Waals surface area contributed by atoms with Crippen molar-refractivity contribution in [3.8, 4) is 5.75 Å². The highest BCUT2D eigenvalue weighted by Gasteiger charge is 2.54. The number of ketones is 1. The van der Waals surface area contributed by atoms with Gasteiger partial charge in [-0.1, -0.05) is 42.5 Å². The minimum absolute atomic E-state index is 0.00510. The molecule has 1 aliphatic heterocycles. The fourth-order valence-corrected chi connectivity index (χ4v) is 6.03. The lowest BCUT2D eigenvalue weighted by atomic mass is 9.52. The van der Waals surface area contributed by atoms with E-state index >= 15 is 0 Å². The monoisotopic (exact) mass is 375 g/mol. The first kappa shape index (κ1) is 17.9. The molecule has 1 saturated carbocycles. The van der Waals surface area contributed by atoms with Crippen molar-refractivity contribution in [2.75, 3.05) is 13.2 Å². The molecular formula is C25H29NO2. The van der Waals surface area contributed by atoms with Gasteiger partial charge in [-0.25, -0.2) is 0 Å². The summed E-state index contributed by atoms with van der Waals surface area (Å²) in [4.78, 5) is 12.5. The number of fused-ring (bicyclic) bond motifs is 1. The van der Waals surface area contributed by atoms with Gasteiger partial charge in [-0.2, -0.15) is 0 Å². The average Bonchev–Trinajstić information content (AvgIpc) is 2.71. The van der Waals surface area contributed by atoms with Crippen LogP contribution in [-0.4, -0.2) is 25.0 Å². The van der Waals surface area contributed by atoms with Crippen molar-refractivity contribution < 1.29 is 9.53 Å². The molecule has 3 nitrogen and oxygen atoms in total. The number of rotatable bonds is 5. The summed E-state index contributed by atoms with van der Waals surface area (Å²) in [7, 11) is 0. The Morgan fingerprint density at radius 3 is 2.89 bits per heavy atom. The van der Waals surface area contributed by atoms with Gasteiger partial charge < -0.3 is 10.1 Å². The first-order valence-electron chi connectivity index (χ1n) is 10.8. The minimum Gasteiger partial charge on any atom is -0.493 e. The van der Waals surface area contributed by atoms with E-state index in [0.29, 0.717) is 24.2 Å². The lowest BCUT2D eigenvalue weighted by molar-refractivity contribution is -0.125. The topological polar surface area (TPSA) is 38.3 Å². The minimum atomic E-state index is -0.00510. The number of ether oxygens (including phenoxy) is 1. The summed E-state index contributed by atoms with van der Waals surface area (Å²) in [6, 6.07) is 17.6. The van der Waals surface area contributed by atoms with Crippen LogP contribution in [0.2, 0.25) is 0 Å². The van der Waals surface area contributed by atoms with Gasteiger partial charge >= 0.3 is 0 Å². The van der Waals surface area contributed by atoms with E-state index in [0.717, 1.165) is 57.4 Å². The van der Waals surface area contributed by atoms with Crippen molar-refractivity contribution >= 4 is 5.78 Å². The van der Waals surface area contributed by atoms with E-state index in [1.54, 1.807) is 0 Å². The van der Waals surface area contributed by atoms with Crippen LogP contribution in [0, 0.1) is 5.92 Å². The first-order valence-corrected chi connectivity index (χ1v) is 10.8. The van der Waals surface area contributed by atoms with Gasteiger partial charge in [0.15, 0.2) is 0 Å². The molecule has 5 rings (SSSR count). The summed E-state index contributed by atoms with van der Waals surface area (Å²) >= 11 is 0. The Kier molecular flexibility index (Phi) is 4.72. The van der Waals surface area contributed by atoms with Gasteiger partial charge in [-0.3, -0.25) is 4.79 Å². The summed E-state index contributed by atoms with van der Waals surface area (Å²) in [5.74, 6) is 2.04. The van der Waals surface area contributed by atoms with Crippen molar-refractivity contribution in [1.82, 2.24) is 5.32 Å². The zero-order valence-electron chi connectivity index (χ0n) is 16.5. The van der Waals surface area contributed by atoms with Crippen LogP contribution in [0.25, 0.3) is 0 Å². The second-order valence-electron chi connectivity index (χ2n) is 8.76. The number of hydrogen-bond acceptors (Lipinski definition) is 3. The summed E-state index contributed by atoms with van der Waals surface area (Å²) in [6.07, 6.45) is 6.64. The molecule has 0 spiro atoms. The highest BCUT2D eigenvalue weighted by atomic mass is 16.5. The second-order valence-corrected chi connectivity index (χ2v) is 8.76. The molecule has 3 aliphatic rings. The Balaban J connectivity index is 1.39. The highest BCUT2D eigenvalue weighted by Crippen LogP contribution is 2.55. The smallest absolute Gasteiger partial charge is 0.133 e. The maximum Gasteiger partial charge on any atom is 0.133 e. The van der Waals surface area contributed by atoms with Gasteiger partial charge in [0.2, 0.25) is 0 Å². The molecule has 1 N–H and O–H groups in total. The van der Waals surface area contributed by atoms with E-state index in [2.05, 4.69) is 53.8 Å². The molecule has 2 aromatic carbocycles.